The molecule has 0 aliphatic carbocycles. The molecular weight excluding hydrogens is 423 g/mol. The monoisotopic (exact) mass is 440 g/mol. The molecule has 162 valence electrons. The van der Waals surface area contributed by atoms with E-state index >= 15 is 0 Å². The summed E-state index contributed by atoms with van der Waals surface area (Å²) in [7, 11) is 1.94. The van der Waals surface area contributed by atoms with Gasteiger partial charge < -0.3 is 14.7 Å². The first-order chi connectivity index (χ1) is 16.0. The molecule has 3 N–H and O–H groups in total. The zero-order valence-electron chi connectivity index (χ0n) is 17.6. The minimum atomic E-state index is -0.543. The molecule has 0 atom stereocenters. The van der Waals surface area contributed by atoms with Gasteiger partial charge in [0, 0.05) is 24.9 Å². The van der Waals surface area contributed by atoms with Crippen LogP contribution in [0.25, 0.3) is 56.1 Å². The molecule has 5 heterocycles. The largest absolute Gasteiger partial charge is 0.508 e. The number of nitrogens with zero attached hydrogens (tertiary/aromatic N) is 6. The zero-order chi connectivity index (χ0) is 22.7. The van der Waals surface area contributed by atoms with E-state index in [9.17, 15) is 9.50 Å². The van der Waals surface area contributed by atoms with Crippen molar-refractivity contribution in [1.29, 1.82) is 0 Å². The third kappa shape index (κ3) is 3.03. The van der Waals surface area contributed by atoms with E-state index in [1.807, 2.05) is 30.7 Å². The normalized spacial score (nSPS) is 11.6. The summed E-state index contributed by atoms with van der Waals surface area (Å²) in [5, 5.41) is 17.3. The molecule has 0 bridgehead atoms. The van der Waals surface area contributed by atoms with Crippen LogP contribution in [-0.2, 0) is 7.05 Å². The van der Waals surface area contributed by atoms with E-state index in [2.05, 4.69) is 25.1 Å². The number of H-pyrrole nitrogens is 2. The highest BCUT2D eigenvalue weighted by molar-refractivity contribution is 5.95. The van der Waals surface area contributed by atoms with E-state index < -0.39 is 5.82 Å². The van der Waals surface area contributed by atoms with Crippen molar-refractivity contribution in [2.45, 2.75) is 6.92 Å². The van der Waals surface area contributed by atoms with E-state index in [1.165, 1.54) is 12.1 Å². The lowest BCUT2D eigenvalue weighted by Gasteiger charge is -2.03. The van der Waals surface area contributed by atoms with Gasteiger partial charge >= 0.3 is 0 Å². The molecule has 0 spiro atoms. The number of nitrogens with one attached hydrogen (secondary N) is 2. The van der Waals surface area contributed by atoms with Gasteiger partial charge in [-0.15, -0.1) is 0 Å². The molecule has 0 fully saturated rings. The minimum absolute atomic E-state index is 0.168. The predicted octanol–water partition coefficient (Wildman–Crippen LogP) is 4.12. The molecule has 6 rings (SSSR count). The van der Waals surface area contributed by atoms with Crippen LogP contribution in [0.1, 0.15) is 5.82 Å². The fourth-order valence-corrected chi connectivity index (χ4v) is 3.93. The van der Waals surface area contributed by atoms with Gasteiger partial charge in [-0.05, 0) is 36.8 Å². The lowest BCUT2D eigenvalue weighted by molar-refractivity contribution is 0.469. The quantitative estimate of drug-likeness (QED) is 0.381. The smallest absolute Gasteiger partial charge is 0.161 e. The first-order valence-corrected chi connectivity index (χ1v) is 10.2. The Balaban J connectivity index is 1.52. The molecule has 6 aromatic rings. The Labute approximate surface area is 186 Å². The average molecular weight is 440 g/mol. The van der Waals surface area contributed by atoms with Crippen molar-refractivity contribution in [1.82, 2.24) is 39.7 Å². The van der Waals surface area contributed by atoms with Crippen LogP contribution < -0.4 is 0 Å². The van der Waals surface area contributed by atoms with Gasteiger partial charge in [-0.1, -0.05) is 0 Å². The number of aromatic hydroxyl groups is 1. The molecule has 0 aliphatic rings. The average Bonchev–Trinajstić information content (AvgIpc) is 3.49. The molecule has 1 aromatic carbocycles. The van der Waals surface area contributed by atoms with E-state index in [0.29, 0.717) is 39.2 Å². The first-order valence-electron chi connectivity index (χ1n) is 10.2. The number of aromatic amines is 2. The number of fused-ring (bicyclic) bond motifs is 2. The van der Waals surface area contributed by atoms with Gasteiger partial charge in [0.2, 0.25) is 0 Å². The molecule has 0 saturated carbocycles. The lowest BCUT2D eigenvalue weighted by Crippen LogP contribution is -1.96. The standard InChI is InChI=1S/C23H17FN8O/c1-11-26-10-19(32(11)2)16-3-4-17-21(27-16)22(31-30-17)23-28-18-9-25-8-15(20(18)29-23)12-5-13(24)7-14(33)6-12/h3-10,33H,1-2H3,(H,28,29)(H,30,31). The summed E-state index contributed by atoms with van der Waals surface area (Å²) in [6.45, 7) is 1.93. The third-order valence-electron chi connectivity index (χ3n) is 5.70. The second-order valence-electron chi connectivity index (χ2n) is 7.78. The third-order valence-corrected chi connectivity index (χ3v) is 5.70. The summed E-state index contributed by atoms with van der Waals surface area (Å²) in [4.78, 5) is 21.4. The Kier molecular flexibility index (Phi) is 4.03. The molecule has 0 aliphatic heterocycles. The summed E-state index contributed by atoms with van der Waals surface area (Å²) in [6, 6.07) is 7.69. The Morgan fingerprint density at radius 3 is 2.67 bits per heavy atom. The van der Waals surface area contributed by atoms with Crippen LogP contribution in [0.15, 0.2) is 48.9 Å². The fourth-order valence-electron chi connectivity index (χ4n) is 3.93. The Bertz CT molecular complexity index is 1660. The highest BCUT2D eigenvalue weighted by Gasteiger charge is 2.18. The molecule has 0 unspecified atom stereocenters. The Morgan fingerprint density at radius 1 is 1.00 bits per heavy atom. The number of imidazole rings is 2. The second kappa shape index (κ2) is 6.95. The van der Waals surface area contributed by atoms with Crippen LogP contribution in [0.5, 0.6) is 5.75 Å². The van der Waals surface area contributed by atoms with E-state index in [1.54, 1.807) is 18.6 Å². The summed E-state index contributed by atoms with van der Waals surface area (Å²) >= 11 is 0. The topological polar surface area (TPSA) is 121 Å². The SMILES string of the molecule is Cc1ncc(-c2ccc3[nH]nc(-c4nc5c(-c6cc(O)cc(F)c6)cncc5[nH]4)c3n2)n1C. The highest BCUT2D eigenvalue weighted by atomic mass is 19.1. The van der Waals surface area contributed by atoms with Crippen LogP contribution in [0, 0.1) is 12.7 Å². The minimum Gasteiger partial charge on any atom is -0.508 e. The number of phenolic OH excluding ortho intramolecular Hbond substituents is 1. The summed E-state index contributed by atoms with van der Waals surface area (Å²) < 4.78 is 15.9. The van der Waals surface area contributed by atoms with Gasteiger partial charge in [-0.25, -0.2) is 19.3 Å². The van der Waals surface area contributed by atoms with Crippen LogP contribution in [0.2, 0.25) is 0 Å². The molecule has 0 amide bonds. The van der Waals surface area contributed by atoms with Crippen molar-refractivity contribution < 1.29 is 9.50 Å². The molecule has 0 radical (unpaired) electrons. The van der Waals surface area contributed by atoms with E-state index in [-0.39, 0.29) is 5.75 Å². The van der Waals surface area contributed by atoms with Crippen molar-refractivity contribution in [3.05, 3.63) is 60.6 Å². The number of benzene rings is 1. The van der Waals surface area contributed by atoms with Crippen LogP contribution in [0.4, 0.5) is 4.39 Å². The maximum Gasteiger partial charge on any atom is 0.161 e. The number of halogens is 1. The van der Waals surface area contributed by atoms with Crippen LogP contribution >= 0.6 is 0 Å². The second-order valence-corrected chi connectivity index (χ2v) is 7.78. The number of aromatic nitrogens is 8. The van der Waals surface area contributed by atoms with Crippen molar-refractivity contribution >= 4 is 22.1 Å². The highest BCUT2D eigenvalue weighted by Crippen LogP contribution is 2.32. The van der Waals surface area contributed by atoms with Gasteiger partial charge in [-0.3, -0.25) is 10.1 Å². The first kappa shape index (κ1) is 19.1. The van der Waals surface area contributed by atoms with Gasteiger partial charge in [0.1, 0.15) is 22.9 Å². The number of hydrogen-bond donors (Lipinski definition) is 3. The van der Waals surface area contributed by atoms with Gasteiger partial charge in [0.05, 0.1) is 40.3 Å². The summed E-state index contributed by atoms with van der Waals surface area (Å²) in [6.07, 6.45) is 5.02. The van der Waals surface area contributed by atoms with E-state index in [4.69, 9.17) is 9.97 Å². The maximum atomic E-state index is 13.9. The molecule has 33 heavy (non-hydrogen) atoms. The predicted molar refractivity (Wildman–Crippen MR) is 121 cm³/mol. The molecule has 0 saturated heterocycles. The molecular formula is C23H17FN8O. The Morgan fingerprint density at radius 2 is 1.88 bits per heavy atom. The number of aryl methyl sites for hydroxylation is 1. The lowest BCUT2D eigenvalue weighted by atomic mass is 10.1. The fraction of sp³-hybridized carbons (Fsp3) is 0.0870. The van der Waals surface area contributed by atoms with Crippen molar-refractivity contribution in [2.75, 3.05) is 0 Å². The van der Waals surface area contributed by atoms with Crippen LogP contribution in [-0.4, -0.2) is 44.8 Å². The van der Waals surface area contributed by atoms with Crippen molar-refractivity contribution in [2.24, 2.45) is 7.05 Å². The molecule has 10 heteroatoms. The van der Waals surface area contributed by atoms with E-state index in [0.717, 1.165) is 28.8 Å². The van der Waals surface area contributed by atoms with Crippen LogP contribution in [0.3, 0.4) is 0 Å². The number of hydrogen-bond acceptors (Lipinski definition) is 6. The van der Waals surface area contributed by atoms with Crippen molar-refractivity contribution in [3.8, 4) is 39.8 Å². The molecule has 5 aromatic heterocycles. The number of rotatable bonds is 3. The van der Waals surface area contributed by atoms with Gasteiger partial charge in [0.15, 0.2) is 11.5 Å². The zero-order valence-corrected chi connectivity index (χ0v) is 17.6. The number of phenols is 1. The summed E-state index contributed by atoms with van der Waals surface area (Å²) in [5.74, 6) is 0.674. The maximum absolute atomic E-state index is 13.9. The summed E-state index contributed by atoms with van der Waals surface area (Å²) in [5.41, 5.74) is 5.93. The Hall–Kier alpha value is -4.60. The molecule has 9 nitrogen and oxygen atoms in total. The van der Waals surface area contributed by atoms with Gasteiger partial charge in [0.25, 0.3) is 0 Å². The number of pyridine rings is 2. The van der Waals surface area contributed by atoms with Gasteiger partial charge in [-0.2, -0.15) is 5.10 Å². The van der Waals surface area contributed by atoms with Crippen molar-refractivity contribution in [3.63, 3.8) is 0 Å².